The molecule has 0 bridgehead atoms. The summed E-state index contributed by atoms with van der Waals surface area (Å²) in [6.45, 7) is 11.5. The number of carbonyl (C=O) groups excluding carboxylic acids is 1. The maximum absolute atomic E-state index is 12.1. The smallest absolute Gasteiger partial charge is 0.320 e. The maximum atomic E-state index is 12.1. The summed E-state index contributed by atoms with van der Waals surface area (Å²) in [5.41, 5.74) is 0.569. The second-order valence-electron chi connectivity index (χ2n) is 7.64. The highest BCUT2D eigenvalue weighted by atomic mass is 16.6. The van der Waals surface area contributed by atoms with E-state index in [1.54, 1.807) is 12.1 Å². The molecule has 1 saturated heterocycles. The number of nitro groups is 1. The lowest BCUT2D eigenvalue weighted by Crippen LogP contribution is -2.58. The fourth-order valence-electron chi connectivity index (χ4n) is 3.19. The maximum Gasteiger partial charge on any atom is 0.320 e. The second kappa shape index (κ2) is 7.39. The van der Waals surface area contributed by atoms with Crippen LogP contribution in [0, 0.1) is 10.1 Å². The predicted octanol–water partition coefficient (Wildman–Crippen LogP) is 2.84. The van der Waals surface area contributed by atoms with Gasteiger partial charge < -0.3 is 9.64 Å². The molecule has 1 aromatic rings. The minimum atomic E-state index is -0.482. The molecule has 0 saturated carbocycles. The molecule has 2 unspecified atom stereocenters. The Morgan fingerprint density at radius 2 is 1.72 bits per heavy atom. The number of benzene rings is 1. The highest BCUT2D eigenvalue weighted by molar-refractivity contribution is 5.72. The van der Waals surface area contributed by atoms with Gasteiger partial charge >= 0.3 is 5.97 Å². The number of hydrogen-bond acceptors (Lipinski definition) is 6. The highest BCUT2D eigenvalue weighted by Gasteiger charge is 2.32. The van der Waals surface area contributed by atoms with Gasteiger partial charge in [-0.05, 0) is 46.8 Å². The quantitative estimate of drug-likeness (QED) is 0.473. The zero-order valence-corrected chi connectivity index (χ0v) is 15.6. The molecule has 2 atom stereocenters. The van der Waals surface area contributed by atoms with E-state index in [1.165, 1.54) is 12.1 Å². The van der Waals surface area contributed by atoms with Crippen molar-refractivity contribution >= 4 is 17.3 Å². The molecule has 0 spiro atoms. The summed E-state index contributed by atoms with van der Waals surface area (Å²) < 4.78 is 5.43. The fraction of sp³-hybridized carbons (Fsp3) is 0.611. The molecular weight excluding hydrogens is 322 g/mol. The minimum absolute atomic E-state index is 0.0911. The van der Waals surface area contributed by atoms with Crippen molar-refractivity contribution < 1.29 is 14.5 Å². The Kier molecular flexibility index (Phi) is 5.67. The van der Waals surface area contributed by atoms with Crippen LogP contribution in [-0.4, -0.2) is 53.1 Å². The molecule has 1 fully saturated rings. The van der Waals surface area contributed by atoms with E-state index in [4.69, 9.17) is 4.74 Å². The topological polar surface area (TPSA) is 75.9 Å². The number of non-ortho nitro benzene ring substituents is 1. The van der Waals surface area contributed by atoms with Crippen LogP contribution in [0.25, 0.3) is 0 Å². The van der Waals surface area contributed by atoms with E-state index < -0.39 is 10.5 Å². The predicted molar refractivity (Wildman–Crippen MR) is 96.8 cm³/mol. The van der Waals surface area contributed by atoms with Crippen LogP contribution in [0.2, 0.25) is 0 Å². The highest BCUT2D eigenvalue weighted by Crippen LogP contribution is 2.24. The average Bonchev–Trinajstić information content (AvgIpc) is 2.49. The van der Waals surface area contributed by atoms with E-state index in [0.29, 0.717) is 0 Å². The van der Waals surface area contributed by atoms with Crippen molar-refractivity contribution in [1.29, 1.82) is 0 Å². The third-order valence-electron chi connectivity index (χ3n) is 4.26. The van der Waals surface area contributed by atoms with Crippen LogP contribution in [0.3, 0.4) is 0 Å². The summed E-state index contributed by atoms with van der Waals surface area (Å²) in [4.78, 5) is 26.9. The molecule has 1 aliphatic heterocycles. The molecule has 1 aromatic carbocycles. The summed E-state index contributed by atoms with van der Waals surface area (Å²) in [7, 11) is 0. The number of nitrogens with zero attached hydrogens (tertiary/aromatic N) is 3. The zero-order chi connectivity index (χ0) is 18.8. The van der Waals surface area contributed by atoms with Gasteiger partial charge in [0.1, 0.15) is 5.60 Å². The number of hydrogen-bond donors (Lipinski definition) is 0. The van der Waals surface area contributed by atoms with Crippen molar-refractivity contribution in [3.05, 3.63) is 34.4 Å². The molecule has 0 radical (unpaired) electrons. The Morgan fingerprint density at radius 1 is 1.20 bits per heavy atom. The van der Waals surface area contributed by atoms with Gasteiger partial charge in [0.05, 0.1) is 11.5 Å². The van der Waals surface area contributed by atoms with E-state index in [-0.39, 0.29) is 30.3 Å². The van der Waals surface area contributed by atoms with Crippen LogP contribution < -0.4 is 4.90 Å². The lowest BCUT2D eigenvalue weighted by molar-refractivity contribution is -0.384. The van der Waals surface area contributed by atoms with E-state index in [1.807, 2.05) is 20.8 Å². The first kappa shape index (κ1) is 19.2. The van der Waals surface area contributed by atoms with Gasteiger partial charge in [-0.15, -0.1) is 0 Å². The molecule has 7 heteroatoms. The van der Waals surface area contributed by atoms with Gasteiger partial charge in [0.25, 0.3) is 5.69 Å². The van der Waals surface area contributed by atoms with Crippen molar-refractivity contribution in [2.24, 2.45) is 0 Å². The Morgan fingerprint density at radius 3 is 2.16 bits per heavy atom. The number of rotatable bonds is 4. The first-order valence-corrected chi connectivity index (χ1v) is 8.54. The van der Waals surface area contributed by atoms with E-state index >= 15 is 0 Å². The fourth-order valence-corrected chi connectivity index (χ4v) is 3.19. The molecule has 1 aliphatic rings. The monoisotopic (exact) mass is 349 g/mol. The van der Waals surface area contributed by atoms with Crippen LogP contribution in [0.4, 0.5) is 11.4 Å². The number of anilines is 1. The SMILES string of the molecule is CC1CN(c2ccc([N+](=O)[O-])cc2)CC(C)N1CC(=O)OC(C)(C)C. The number of esters is 1. The second-order valence-corrected chi connectivity index (χ2v) is 7.64. The molecule has 138 valence electrons. The Bertz CT molecular complexity index is 612. The summed E-state index contributed by atoms with van der Waals surface area (Å²) in [5, 5.41) is 10.8. The number of carbonyl (C=O) groups is 1. The Labute approximate surface area is 148 Å². The van der Waals surface area contributed by atoms with Crippen LogP contribution in [0.5, 0.6) is 0 Å². The Balaban J connectivity index is 2.01. The third-order valence-corrected chi connectivity index (χ3v) is 4.26. The minimum Gasteiger partial charge on any atom is -0.459 e. The molecule has 0 N–H and O–H groups in total. The van der Waals surface area contributed by atoms with Crippen molar-refractivity contribution in [2.45, 2.75) is 52.3 Å². The van der Waals surface area contributed by atoms with Gasteiger partial charge in [0.2, 0.25) is 0 Å². The Hall–Kier alpha value is -2.15. The van der Waals surface area contributed by atoms with Crippen LogP contribution in [-0.2, 0) is 9.53 Å². The average molecular weight is 349 g/mol. The van der Waals surface area contributed by atoms with Crippen molar-refractivity contribution in [2.75, 3.05) is 24.5 Å². The molecule has 0 aromatic heterocycles. The lowest BCUT2D eigenvalue weighted by atomic mass is 10.1. The van der Waals surface area contributed by atoms with Crippen molar-refractivity contribution in [1.82, 2.24) is 4.90 Å². The van der Waals surface area contributed by atoms with Crippen LogP contribution in [0.1, 0.15) is 34.6 Å². The zero-order valence-electron chi connectivity index (χ0n) is 15.6. The van der Waals surface area contributed by atoms with Crippen molar-refractivity contribution in [3.8, 4) is 0 Å². The van der Waals surface area contributed by atoms with Gasteiger partial charge in [-0.25, -0.2) is 0 Å². The van der Waals surface area contributed by atoms with Gasteiger partial charge in [-0.3, -0.25) is 19.8 Å². The number of ether oxygens (including phenoxy) is 1. The molecule has 25 heavy (non-hydrogen) atoms. The van der Waals surface area contributed by atoms with Crippen LogP contribution in [0.15, 0.2) is 24.3 Å². The molecule has 0 aliphatic carbocycles. The van der Waals surface area contributed by atoms with Gasteiger partial charge in [-0.2, -0.15) is 0 Å². The van der Waals surface area contributed by atoms with E-state index in [0.717, 1.165) is 18.8 Å². The van der Waals surface area contributed by atoms with E-state index in [9.17, 15) is 14.9 Å². The molecule has 7 nitrogen and oxygen atoms in total. The molecule has 2 rings (SSSR count). The molecule has 0 amide bonds. The largest absolute Gasteiger partial charge is 0.459 e. The summed E-state index contributed by atoms with van der Waals surface area (Å²) >= 11 is 0. The summed E-state index contributed by atoms with van der Waals surface area (Å²) in [6, 6.07) is 6.95. The number of nitro benzene ring substituents is 1. The van der Waals surface area contributed by atoms with E-state index in [2.05, 4.69) is 23.6 Å². The summed E-state index contributed by atoms with van der Waals surface area (Å²) in [6.07, 6.45) is 0. The normalized spacial score (nSPS) is 21.9. The van der Waals surface area contributed by atoms with Crippen molar-refractivity contribution in [3.63, 3.8) is 0 Å². The standard InChI is InChI=1S/C18H27N3O4/c1-13-10-19(15-6-8-16(9-7-15)21(23)24)11-14(2)20(13)12-17(22)25-18(3,4)5/h6-9,13-14H,10-12H2,1-5H3. The molecule has 1 heterocycles. The summed E-state index contributed by atoms with van der Waals surface area (Å²) in [5.74, 6) is -0.213. The molecular formula is C18H27N3O4. The van der Waals surface area contributed by atoms with Gasteiger partial charge in [0, 0.05) is 43.0 Å². The third kappa shape index (κ3) is 5.16. The first-order chi connectivity index (χ1) is 11.6. The van der Waals surface area contributed by atoms with Gasteiger partial charge in [-0.1, -0.05) is 0 Å². The van der Waals surface area contributed by atoms with Crippen LogP contribution >= 0.6 is 0 Å². The first-order valence-electron chi connectivity index (χ1n) is 8.54. The van der Waals surface area contributed by atoms with Gasteiger partial charge in [0.15, 0.2) is 0 Å². The number of piperazine rings is 1. The lowest BCUT2D eigenvalue weighted by Gasteiger charge is -2.45.